The number of hydrogen-bond acceptors (Lipinski definition) is 5. The van der Waals surface area contributed by atoms with Gasteiger partial charge in [-0.1, -0.05) is 38.1 Å². The van der Waals surface area contributed by atoms with E-state index >= 15 is 0 Å². The summed E-state index contributed by atoms with van der Waals surface area (Å²) in [7, 11) is 0.115. The third kappa shape index (κ3) is 5.79. The highest BCUT2D eigenvalue weighted by Gasteiger charge is 2.22. The minimum absolute atomic E-state index is 0.144. The Morgan fingerprint density at radius 1 is 1.23 bits per heavy atom. The quantitative estimate of drug-likeness (QED) is 0.405. The average Bonchev–Trinajstić information content (AvgIpc) is 2.52. The number of carbonyl (C=O) groups is 1. The SMILES string of the molecule is CCC(CC(C)c1ccc(B(O)O)cc1)C(=O)OCCOC. The second kappa shape index (κ2) is 9.61. The van der Waals surface area contributed by atoms with Crippen molar-refractivity contribution in [2.45, 2.75) is 32.6 Å². The fraction of sp³-hybridized carbons (Fsp3) is 0.562. The summed E-state index contributed by atoms with van der Waals surface area (Å²) < 4.78 is 10.1. The molecule has 2 atom stereocenters. The molecule has 0 bridgehead atoms. The lowest BCUT2D eigenvalue weighted by molar-refractivity contribution is -0.150. The minimum atomic E-state index is -1.46. The van der Waals surface area contributed by atoms with Crippen LogP contribution in [0.3, 0.4) is 0 Å². The summed E-state index contributed by atoms with van der Waals surface area (Å²) in [5.41, 5.74) is 1.52. The van der Waals surface area contributed by atoms with E-state index in [2.05, 4.69) is 6.92 Å². The Morgan fingerprint density at radius 3 is 2.36 bits per heavy atom. The van der Waals surface area contributed by atoms with E-state index in [1.165, 1.54) is 0 Å². The molecule has 0 amide bonds. The van der Waals surface area contributed by atoms with E-state index < -0.39 is 7.12 Å². The molecular weight excluding hydrogens is 283 g/mol. The van der Waals surface area contributed by atoms with Crippen molar-refractivity contribution < 1.29 is 24.3 Å². The predicted molar refractivity (Wildman–Crippen MR) is 85.9 cm³/mol. The van der Waals surface area contributed by atoms with Crippen molar-refractivity contribution in [3.8, 4) is 0 Å². The molecule has 0 fully saturated rings. The number of benzene rings is 1. The second-order valence-electron chi connectivity index (χ2n) is 5.44. The van der Waals surface area contributed by atoms with Crippen LogP contribution in [0.25, 0.3) is 0 Å². The van der Waals surface area contributed by atoms with E-state index in [4.69, 9.17) is 19.5 Å². The van der Waals surface area contributed by atoms with Crippen molar-refractivity contribution in [1.82, 2.24) is 0 Å². The van der Waals surface area contributed by atoms with Gasteiger partial charge in [0.25, 0.3) is 0 Å². The van der Waals surface area contributed by atoms with Crippen molar-refractivity contribution in [3.63, 3.8) is 0 Å². The smallest absolute Gasteiger partial charge is 0.463 e. The number of rotatable bonds is 9. The Morgan fingerprint density at radius 2 is 1.86 bits per heavy atom. The maximum absolute atomic E-state index is 12.0. The molecule has 22 heavy (non-hydrogen) atoms. The molecule has 0 saturated carbocycles. The van der Waals surface area contributed by atoms with E-state index in [9.17, 15) is 4.79 Å². The van der Waals surface area contributed by atoms with Gasteiger partial charge in [0, 0.05) is 7.11 Å². The van der Waals surface area contributed by atoms with Crippen molar-refractivity contribution in [1.29, 1.82) is 0 Å². The van der Waals surface area contributed by atoms with Crippen molar-refractivity contribution in [2.75, 3.05) is 20.3 Å². The highest BCUT2D eigenvalue weighted by molar-refractivity contribution is 6.58. The number of hydrogen-bond donors (Lipinski definition) is 2. The molecule has 1 aromatic rings. The molecule has 0 aliphatic carbocycles. The van der Waals surface area contributed by atoms with E-state index in [1.54, 1.807) is 19.2 Å². The second-order valence-corrected chi connectivity index (χ2v) is 5.44. The predicted octanol–water partition coefficient (Wildman–Crippen LogP) is 1.08. The summed E-state index contributed by atoms with van der Waals surface area (Å²) in [5.74, 6) is -0.145. The molecule has 0 saturated heterocycles. The topological polar surface area (TPSA) is 76.0 Å². The van der Waals surface area contributed by atoms with Gasteiger partial charge in [0.05, 0.1) is 12.5 Å². The van der Waals surface area contributed by atoms with Gasteiger partial charge in [-0.3, -0.25) is 4.79 Å². The molecule has 1 aromatic carbocycles. The first-order valence-corrected chi connectivity index (χ1v) is 7.61. The van der Waals surface area contributed by atoms with Crippen LogP contribution in [0.1, 0.15) is 38.2 Å². The van der Waals surface area contributed by atoms with Gasteiger partial charge in [-0.05, 0) is 29.8 Å². The molecule has 0 aliphatic heterocycles. The van der Waals surface area contributed by atoms with Crippen molar-refractivity contribution >= 4 is 18.6 Å². The molecule has 0 spiro atoms. The van der Waals surface area contributed by atoms with E-state index in [0.717, 1.165) is 12.0 Å². The van der Waals surface area contributed by atoms with Gasteiger partial charge in [0.15, 0.2) is 0 Å². The summed E-state index contributed by atoms with van der Waals surface area (Å²) in [6.07, 6.45) is 1.42. The van der Waals surface area contributed by atoms with Crippen LogP contribution >= 0.6 is 0 Å². The van der Waals surface area contributed by atoms with Crippen LogP contribution in [0.5, 0.6) is 0 Å². The maximum atomic E-state index is 12.0. The summed E-state index contributed by atoms with van der Waals surface area (Å²) in [4.78, 5) is 12.0. The lowest BCUT2D eigenvalue weighted by Gasteiger charge is -2.19. The fourth-order valence-electron chi connectivity index (χ4n) is 2.33. The molecule has 2 unspecified atom stereocenters. The van der Waals surface area contributed by atoms with Crippen LogP contribution in [-0.4, -0.2) is 43.5 Å². The zero-order valence-electron chi connectivity index (χ0n) is 13.5. The van der Waals surface area contributed by atoms with E-state index in [1.807, 2.05) is 19.1 Å². The van der Waals surface area contributed by atoms with Crippen LogP contribution in [0, 0.1) is 5.92 Å². The fourth-order valence-corrected chi connectivity index (χ4v) is 2.33. The zero-order valence-corrected chi connectivity index (χ0v) is 13.5. The molecule has 1 rings (SSSR count). The summed E-state index contributed by atoms with van der Waals surface area (Å²) in [5, 5.41) is 18.2. The molecule has 5 nitrogen and oxygen atoms in total. The maximum Gasteiger partial charge on any atom is 0.488 e. The molecule has 0 heterocycles. The Balaban J connectivity index is 2.60. The van der Waals surface area contributed by atoms with Crippen LogP contribution in [0.15, 0.2) is 24.3 Å². The Bertz CT molecular complexity index is 446. The highest BCUT2D eigenvalue weighted by atomic mass is 16.6. The first-order valence-electron chi connectivity index (χ1n) is 7.61. The summed E-state index contributed by atoms with van der Waals surface area (Å²) in [6, 6.07) is 7.10. The standard InChI is InChI=1S/C16H25BO5/c1-4-13(16(18)22-10-9-21-3)11-12(2)14-5-7-15(8-6-14)17(19)20/h5-8,12-13,19-20H,4,9-11H2,1-3H3. The van der Waals surface area contributed by atoms with Crippen molar-refractivity contribution in [3.05, 3.63) is 29.8 Å². The first kappa shape index (κ1) is 18.7. The van der Waals surface area contributed by atoms with Gasteiger partial charge in [0.1, 0.15) is 6.61 Å². The van der Waals surface area contributed by atoms with Gasteiger partial charge >= 0.3 is 13.1 Å². The Kier molecular flexibility index (Phi) is 8.16. The summed E-state index contributed by atoms with van der Waals surface area (Å²) in [6.45, 7) is 4.71. The number of carbonyl (C=O) groups excluding carboxylic acids is 1. The molecule has 0 aliphatic rings. The molecule has 2 N–H and O–H groups in total. The van der Waals surface area contributed by atoms with Gasteiger partial charge in [-0.25, -0.2) is 0 Å². The zero-order chi connectivity index (χ0) is 16.5. The molecule has 6 heteroatoms. The third-order valence-corrected chi connectivity index (χ3v) is 3.80. The number of esters is 1. The number of methoxy groups -OCH3 is 1. The van der Waals surface area contributed by atoms with Gasteiger partial charge < -0.3 is 19.5 Å². The van der Waals surface area contributed by atoms with Gasteiger partial charge in [-0.2, -0.15) is 0 Å². The van der Waals surface area contributed by atoms with Crippen LogP contribution < -0.4 is 5.46 Å². The van der Waals surface area contributed by atoms with E-state index in [-0.39, 0.29) is 24.4 Å². The highest BCUT2D eigenvalue weighted by Crippen LogP contribution is 2.25. The third-order valence-electron chi connectivity index (χ3n) is 3.80. The number of ether oxygens (including phenoxy) is 2. The van der Waals surface area contributed by atoms with Crippen LogP contribution in [0.4, 0.5) is 0 Å². The normalized spacial score (nSPS) is 13.5. The monoisotopic (exact) mass is 308 g/mol. The van der Waals surface area contributed by atoms with Crippen LogP contribution in [0.2, 0.25) is 0 Å². The average molecular weight is 308 g/mol. The lowest BCUT2D eigenvalue weighted by atomic mass is 9.79. The van der Waals surface area contributed by atoms with Crippen LogP contribution in [-0.2, 0) is 14.3 Å². The van der Waals surface area contributed by atoms with Crippen molar-refractivity contribution in [2.24, 2.45) is 5.92 Å². The largest absolute Gasteiger partial charge is 0.488 e. The molecule has 0 radical (unpaired) electrons. The van der Waals surface area contributed by atoms with Gasteiger partial charge in [0.2, 0.25) is 0 Å². The lowest BCUT2D eigenvalue weighted by Crippen LogP contribution is -2.29. The van der Waals surface area contributed by atoms with E-state index in [0.29, 0.717) is 18.5 Å². The minimum Gasteiger partial charge on any atom is -0.463 e. The first-order chi connectivity index (χ1) is 10.5. The van der Waals surface area contributed by atoms with Gasteiger partial charge in [-0.15, -0.1) is 0 Å². The molecule has 0 aromatic heterocycles. The molecular formula is C16H25BO5. The Labute approximate surface area is 132 Å². The Hall–Kier alpha value is -1.37. The summed E-state index contributed by atoms with van der Waals surface area (Å²) >= 11 is 0. The molecule has 122 valence electrons.